The predicted octanol–water partition coefficient (Wildman–Crippen LogP) is 2.23. The lowest BCUT2D eigenvalue weighted by Gasteiger charge is -2.37. The number of hydrogen-bond acceptors (Lipinski definition) is 5. The summed E-state index contributed by atoms with van der Waals surface area (Å²) in [5, 5.41) is 5.25. The second-order valence-electron chi connectivity index (χ2n) is 6.68. The second kappa shape index (κ2) is 6.02. The Morgan fingerprint density at radius 1 is 1.04 bits per heavy atom. The Bertz CT molecular complexity index is 754. The van der Waals surface area contributed by atoms with Crippen molar-refractivity contribution in [3.8, 4) is 11.5 Å². The zero-order valence-corrected chi connectivity index (χ0v) is 14.2. The van der Waals surface area contributed by atoms with E-state index < -0.39 is 0 Å². The standard InChI is InChI=1S/C19H20N2O4/c1-24-14-8-7-13(15(9-14)25-2)10-20-21-18(22)16-11-3-4-12(6-5-11)17(16)19(21)23/h3-4,7-12,16-17H,5-6H2,1-2H3/b20-10-/t11-,12-,16-,17-/m0/s1. The molecule has 25 heavy (non-hydrogen) atoms. The summed E-state index contributed by atoms with van der Waals surface area (Å²) >= 11 is 0. The summed E-state index contributed by atoms with van der Waals surface area (Å²) in [6, 6.07) is 5.30. The number of allylic oxidation sites excluding steroid dienone is 2. The summed E-state index contributed by atoms with van der Waals surface area (Å²) in [7, 11) is 3.13. The molecule has 0 N–H and O–H groups in total. The first-order valence-electron chi connectivity index (χ1n) is 8.46. The first-order chi connectivity index (χ1) is 12.1. The maximum absolute atomic E-state index is 12.7. The van der Waals surface area contributed by atoms with Crippen LogP contribution in [0, 0.1) is 23.7 Å². The highest BCUT2D eigenvalue weighted by atomic mass is 16.5. The molecule has 1 heterocycles. The van der Waals surface area contributed by atoms with Gasteiger partial charge in [-0.2, -0.15) is 10.1 Å². The van der Waals surface area contributed by atoms with Gasteiger partial charge >= 0.3 is 0 Å². The van der Waals surface area contributed by atoms with Crippen molar-refractivity contribution < 1.29 is 19.1 Å². The van der Waals surface area contributed by atoms with Gasteiger partial charge in [0.1, 0.15) is 11.5 Å². The van der Waals surface area contributed by atoms with E-state index in [9.17, 15) is 9.59 Å². The number of hydrogen-bond donors (Lipinski definition) is 0. The van der Waals surface area contributed by atoms with Crippen LogP contribution in [-0.2, 0) is 9.59 Å². The van der Waals surface area contributed by atoms with Gasteiger partial charge in [0.25, 0.3) is 11.8 Å². The summed E-state index contributed by atoms with van der Waals surface area (Å²) in [6.45, 7) is 0. The summed E-state index contributed by atoms with van der Waals surface area (Å²) in [4.78, 5) is 25.4. The normalized spacial score (nSPS) is 30.2. The van der Waals surface area contributed by atoms with Crippen LogP contribution < -0.4 is 9.47 Å². The summed E-state index contributed by atoms with van der Waals surface area (Å²) in [5.74, 6) is 0.717. The Balaban J connectivity index is 1.60. The highest BCUT2D eigenvalue weighted by molar-refractivity contribution is 6.06. The van der Waals surface area contributed by atoms with Crippen molar-refractivity contribution in [3.05, 3.63) is 35.9 Å². The van der Waals surface area contributed by atoms with Crippen molar-refractivity contribution >= 4 is 18.0 Å². The molecule has 1 saturated carbocycles. The monoisotopic (exact) mass is 340 g/mol. The van der Waals surface area contributed by atoms with Gasteiger partial charge in [0.15, 0.2) is 0 Å². The molecule has 2 amide bonds. The molecule has 4 atom stereocenters. The van der Waals surface area contributed by atoms with E-state index in [4.69, 9.17) is 9.47 Å². The van der Waals surface area contributed by atoms with E-state index in [1.165, 1.54) is 6.21 Å². The van der Waals surface area contributed by atoms with E-state index in [0.717, 1.165) is 17.9 Å². The minimum atomic E-state index is -0.244. The number of ether oxygens (including phenoxy) is 2. The maximum atomic E-state index is 12.7. The number of nitrogens with zero attached hydrogens (tertiary/aromatic N) is 2. The van der Waals surface area contributed by atoms with Crippen molar-refractivity contribution in [2.75, 3.05) is 14.2 Å². The zero-order chi connectivity index (χ0) is 17.6. The smallest absolute Gasteiger partial charge is 0.254 e. The molecule has 0 spiro atoms. The van der Waals surface area contributed by atoms with Crippen LogP contribution in [0.3, 0.4) is 0 Å². The van der Waals surface area contributed by atoms with Crippen LogP contribution in [0.5, 0.6) is 11.5 Å². The SMILES string of the molecule is COc1ccc(/C=N\N2C(=O)[C@@H]3[C@@H](C2=O)[C@H]2C=C[C@H]3CC2)c(OC)c1. The summed E-state index contributed by atoms with van der Waals surface area (Å²) in [5.41, 5.74) is 0.680. The van der Waals surface area contributed by atoms with Crippen LogP contribution in [0.1, 0.15) is 18.4 Å². The van der Waals surface area contributed by atoms with Gasteiger partial charge in [-0.3, -0.25) is 9.59 Å². The van der Waals surface area contributed by atoms with Crippen LogP contribution in [0.15, 0.2) is 35.5 Å². The van der Waals surface area contributed by atoms with E-state index in [-0.39, 0.29) is 35.5 Å². The first-order valence-corrected chi connectivity index (χ1v) is 8.46. The number of carbonyl (C=O) groups is 2. The molecule has 1 aromatic rings. The Hall–Kier alpha value is -2.63. The molecule has 2 fully saturated rings. The van der Waals surface area contributed by atoms with Gasteiger partial charge in [-0.25, -0.2) is 0 Å². The Morgan fingerprint density at radius 3 is 2.20 bits per heavy atom. The van der Waals surface area contributed by atoms with Gasteiger partial charge in [0.2, 0.25) is 0 Å². The number of benzene rings is 1. The molecule has 4 aliphatic rings. The van der Waals surface area contributed by atoms with Gasteiger partial charge in [-0.05, 0) is 36.8 Å². The number of amides is 2. The number of rotatable bonds is 4. The molecular formula is C19H20N2O4. The quantitative estimate of drug-likeness (QED) is 0.479. The zero-order valence-electron chi connectivity index (χ0n) is 14.2. The van der Waals surface area contributed by atoms with E-state index in [1.807, 2.05) is 0 Å². The van der Waals surface area contributed by atoms with E-state index in [2.05, 4.69) is 17.3 Å². The first kappa shape index (κ1) is 15.9. The average Bonchev–Trinajstić information content (AvgIpc) is 2.93. The highest BCUT2D eigenvalue weighted by Crippen LogP contribution is 2.49. The van der Waals surface area contributed by atoms with Crippen molar-refractivity contribution in [3.63, 3.8) is 0 Å². The molecule has 1 saturated heterocycles. The molecular weight excluding hydrogens is 320 g/mol. The molecule has 6 heteroatoms. The number of hydrazone groups is 1. The third-order valence-corrected chi connectivity index (χ3v) is 5.49. The molecule has 6 nitrogen and oxygen atoms in total. The van der Waals surface area contributed by atoms with Crippen molar-refractivity contribution in [1.29, 1.82) is 0 Å². The lowest BCUT2D eigenvalue weighted by molar-refractivity contribution is -0.140. The fourth-order valence-corrected chi connectivity index (χ4v) is 4.22. The Labute approximate surface area is 146 Å². The van der Waals surface area contributed by atoms with Crippen LogP contribution in [-0.4, -0.2) is 37.3 Å². The molecule has 3 aliphatic carbocycles. The van der Waals surface area contributed by atoms with Crippen LogP contribution >= 0.6 is 0 Å². The third kappa shape index (κ3) is 2.44. The number of carbonyl (C=O) groups excluding carboxylic acids is 2. The van der Waals surface area contributed by atoms with E-state index in [1.54, 1.807) is 32.4 Å². The minimum Gasteiger partial charge on any atom is -0.497 e. The highest BCUT2D eigenvalue weighted by Gasteiger charge is 2.56. The van der Waals surface area contributed by atoms with E-state index >= 15 is 0 Å². The van der Waals surface area contributed by atoms with Crippen LogP contribution in [0.2, 0.25) is 0 Å². The number of methoxy groups -OCH3 is 2. The van der Waals surface area contributed by atoms with Crippen molar-refractivity contribution in [1.82, 2.24) is 5.01 Å². The largest absolute Gasteiger partial charge is 0.497 e. The summed E-state index contributed by atoms with van der Waals surface area (Å²) < 4.78 is 10.5. The van der Waals surface area contributed by atoms with Crippen molar-refractivity contribution in [2.45, 2.75) is 12.8 Å². The van der Waals surface area contributed by atoms with Gasteiger partial charge in [-0.1, -0.05) is 12.2 Å². The van der Waals surface area contributed by atoms with Crippen LogP contribution in [0.25, 0.3) is 0 Å². The molecule has 1 aromatic carbocycles. The maximum Gasteiger partial charge on any atom is 0.254 e. The molecule has 5 rings (SSSR count). The molecule has 0 radical (unpaired) electrons. The van der Waals surface area contributed by atoms with Gasteiger partial charge < -0.3 is 9.47 Å². The van der Waals surface area contributed by atoms with Crippen LogP contribution in [0.4, 0.5) is 0 Å². The summed E-state index contributed by atoms with van der Waals surface area (Å²) in [6.07, 6.45) is 7.65. The topological polar surface area (TPSA) is 68.2 Å². The predicted molar refractivity (Wildman–Crippen MR) is 91.3 cm³/mol. The molecule has 0 unspecified atom stereocenters. The molecule has 130 valence electrons. The molecule has 2 bridgehead atoms. The number of fused-ring (bicyclic) bond motifs is 1. The Kier molecular flexibility index (Phi) is 3.82. The van der Waals surface area contributed by atoms with Gasteiger partial charge in [0.05, 0.1) is 32.3 Å². The van der Waals surface area contributed by atoms with E-state index in [0.29, 0.717) is 17.1 Å². The minimum absolute atomic E-state index is 0.169. The lowest BCUT2D eigenvalue weighted by atomic mass is 9.63. The molecule has 0 aromatic heterocycles. The second-order valence-corrected chi connectivity index (χ2v) is 6.68. The Morgan fingerprint density at radius 2 is 1.68 bits per heavy atom. The van der Waals surface area contributed by atoms with Gasteiger partial charge in [0, 0.05) is 11.6 Å². The fraction of sp³-hybridized carbons (Fsp3) is 0.421. The lowest BCUT2D eigenvalue weighted by Crippen LogP contribution is -2.38. The average molecular weight is 340 g/mol. The van der Waals surface area contributed by atoms with Crippen molar-refractivity contribution in [2.24, 2.45) is 28.8 Å². The molecule has 1 aliphatic heterocycles. The van der Waals surface area contributed by atoms with Gasteiger partial charge in [-0.15, -0.1) is 0 Å². The number of imide groups is 1. The third-order valence-electron chi connectivity index (χ3n) is 5.49. The fourth-order valence-electron chi connectivity index (χ4n) is 4.22.